The Labute approximate surface area is 250 Å². The Bertz CT molecular complexity index is 1520. The Morgan fingerprint density at radius 1 is 0.952 bits per heavy atom. The molecule has 0 saturated carbocycles. The van der Waals surface area contributed by atoms with Crippen LogP contribution in [0.4, 0.5) is 0 Å². The molecule has 216 valence electrons. The number of allylic oxidation sites excluding steroid dienone is 1. The van der Waals surface area contributed by atoms with E-state index in [1.807, 2.05) is 102 Å². The van der Waals surface area contributed by atoms with E-state index in [0.29, 0.717) is 34.5 Å². The summed E-state index contributed by atoms with van der Waals surface area (Å²) in [7, 11) is 3.36. The first-order valence-electron chi connectivity index (χ1n) is 13.7. The van der Waals surface area contributed by atoms with Crippen LogP contribution in [0.1, 0.15) is 30.5 Å². The van der Waals surface area contributed by atoms with Gasteiger partial charge in [-0.3, -0.25) is 4.79 Å². The molecule has 2 heterocycles. The number of rotatable bonds is 11. The molecular formula is C33H33N3O5S. The van der Waals surface area contributed by atoms with E-state index < -0.39 is 12.0 Å². The van der Waals surface area contributed by atoms with Crippen LogP contribution < -0.4 is 4.74 Å². The Balaban J connectivity index is 1.45. The number of para-hydroxylation sites is 1. The maximum Gasteiger partial charge on any atom is 0.338 e. The van der Waals surface area contributed by atoms with Gasteiger partial charge in [-0.15, -0.1) is 0 Å². The monoisotopic (exact) mass is 583 g/mol. The minimum atomic E-state index is -0.569. The van der Waals surface area contributed by atoms with Gasteiger partial charge < -0.3 is 24.0 Å². The summed E-state index contributed by atoms with van der Waals surface area (Å²) >= 11 is 1.44. The number of methoxy groups -OCH3 is 1. The molecule has 0 saturated heterocycles. The highest BCUT2D eigenvalue weighted by atomic mass is 32.2. The van der Waals surface area contributed by atoms with Crippen molar-refractivity contribution in [1.82, 2.24) is 9.80 Å². The molecule has 0 N–H and O–H groups in total. The van der Waals surface area contributed by atoms with Gasteiger partial charge in [0.05, 0.1) is 30.3 Å². The summed E-state index contributed by atoms with van der Waals surface area (Å²) in [6, 6.07) is 26.5. The van der Waals surface area contributed by atoms with Crippen LogP contribution in [0.25, 0.3) is 0 Å². The van der Waals surface area contributed by atoms with Crippen molar-refractivity contribution in [2.45, 2.75) is 25.9 Å². The van der Waals surface area contributed by atoms with Crippen molar-refractivity contribution in [2.24, 2.45) is 4.99 Å². The smallest absolute Gasteiger partial charge is 0.338 e. The Hall–Kier alpha value is -4.34. The first-order valence-corrected chi connectivity index (χ1v) is 14.5. The van der Waals surface area contributed by atoms with Crippen molar-refractivity contribution in [3.63, 3.8) is 0 Å². The molecule has 8 nitrogen and oxygen atoms in total. The number of carbonyl (C=O) groups excluding carboxylic acids is 2. The molecule has 42 heavy (non-hydrogen) atoms. The van der Waals surface area contributed by atoms with E-state index >= 15 is 0 Å². The van der Waals surface area contributed by atoms with E-state index in [2.05, 4.69) is 0 Å². The third-order valence-electron chi connectivity index (χ3n) is 6.91. The summed E-state index contributed by atoms with van der Waals surface area (Å²) in [6.45, 7) is 2.71. The number of hydrogen-bond acceptors (Lipinski definition) is 8. The number of carbonyl (C=O) groups is 2. The number of aliphatic imine (C=N–C) groups is 1. The predicted molar refractivity (Wildman–Crippen MR) is 164 cm³/mol. The fourth-order valence-electron chi connectivity index (χ4n) is 4.85. The third-order valence-corrected chi connectivity index (χ3v) is 7.80. The molecule has 3 aromatic rings. The zero-order valence-corrected chi connectivity index (χ0v) is 24.7. The largest absolute Gasteiger partial charge is 0.460 e. The summed E-state index contributed by atoms with van der Waals surface area (Å²) in [4.78, 5) is 35.4. The molecule has 0 bridgehead atoms. The maximum absolute atomic E-state index is 13.5. The van der Waals surface area contributed by atoms with Crippen molar-refractivity contribution in [3.05, 3.63) is 118 Å². The van der Waals surface area contributed by atoms with E-state index in [9.17, 15) is 9.59 Å². The van der Waals surface area contributed by atoms with Crippen molar-refractivity contribution in [3.8, 4) is 11.5 Å². The quantitative estimate of drug-likeness (QED) is 0.194. The molecule has 5 rings (SSSR count). The van der Waals surface area contributed by atoms with Gasteiger partial charge in [-0.2, -0.15) is 0 Å². The van der Waals surface area contributed by atoms with Crippen LogP contribution in [0.5, 0.6) is 11.5 Å². The average Bonchev–Trinajstić information content (AvgIpc) is 3.39. The zero-order chi connectivity index (χ0) is 29.5. The molecular weight excluding hydrogens is 550 g/mol. The number of ether oxygens (including phenoxy) is 3. The molecule has 0 spiro atoms. The van der Waals surface area contributed by atoms with Gasteiger partial charge in [0.1, 0.15) is 18.1 Å². The number of amidine groups is 1. The Morgan fingerprint density at radius 2 is 1.67 bits per heavy atom. The van der Waals surface area contributed by atoms with Gasteiger partial charge in [0.25, 0.3) is 0 Å². The van der Waals surface area contributed by atoms with Gasteiger partial charge in [0.2, 0.25) is 5.91 Å². The molecule has 0 aliphatic carbocycles. The van der Waals surface area contributed by atoms with Crippen molar-refractivity contribution in [2.75, 3.05) is 27.4 Å². The molecule has 0 unspecified atom stereocenters. The van der Waals surface area contributed by atoms with Crippen molar-refractivity contribution >= 4 is 28.8 Å². The number of fused-ring (bicyclic) bond motifs is 1. The minimum absolute atomic E-state index is 0.0395. The molecule has 2 aliphatic rings. The summed E-state index contributed by atoms with van der Waals surface area (Å²) in [5.74, 6) is 0.817. The van der Waals surface area contributed by atoms with E-state index in [0.717, 1.165) is 16.8 Å². The molecule has 0 fully saturated rings. The number of benzene rings is 3. The van der Waals surface area contributed by atoms with Gasteiger partial charge in [-0.25, -0.2) is 9.79 Å². The van der Waals surface area contributed by atoms with Crippen LogP contribution in [0, 0.1) is 0 Å². The van der Waals surface area contributed by atoms with E-state index in [-0.39, 0.29) is 25.5 Å². The summed E-state index contributed by atoms with van der Waals surface area (Å²) in [6.07, 6.45) is 0.150. The summed E-state index contributed by atoms with van der Waals surface area (Å²) < 4.78 is 16.8. The van der Waals surface area contributed by atoms with Gasteiger partial charge in [0, 0.05) is 26.4 Å². The van der Waals surface area contributed by atoms with Gasteiger partial charge in [-0.1, -0.05) is 72.4 Å². The lowest BCUT2D eigenvalue weighted by Crippen LogP contribution is -2.38. The Morgan fingerprint density at radius 3 is 2.40 bits per heavy atom. The number of esters is 1. The number of amides is 1. The number of thioether (sulfide) groups is 1. The summed E-state index contributed by atoms with van der Waals surface area (Å²) in [5.41, 5.74) is 3.60. The summed E-state index contributed by atoms with van der Waals surface area (Å²) in [5, 5.41) is 2.64. The van der Waals surface area contributed by atoms with Gasteiger partial charge in [0.15, 0.2) is 5.17 Å². The second kappa shape index (κ2) is 13.5. The second-order valence-electron chi connectivity index (χ2n) is 9.92. The van der Waals surface area contributed by atoms with Crippen LogP contribution in [-0.2, 0) is 25.6 Å². The lowest BCUT2D eigenvalue weighted by molar-refractivity contribution is -0.141. The molecule has 2 aliphatic heterocycles. The molecule has 9 heteroatoms. The second-order valence-corrected chi connectivity index (χ2v) is 10.8. The van der Waals surface area contributed by atoms with Crippen LogP contribution in [0.3, 0.4) is 0 Å². The minimum Gasteiger partial charge on any atom is -0.460 e. The van der Waals surface area contributed by atoms with Crippen LogP contribution in [-0.4, -0.2) is 54.2 Å². The maximum atomic E-state index is 13.5. The molecule has 0 radical (unpaired) electrons. The van der Waals surface area contributed by atoms with Crippen molar-refractivity contribution in [1.29, 1.82) is 0 Å². The number of hydrogen-bond donors (Lipinski definition) is 0. The highest BCUT2D eigenvalue weighted by Gasteiger charge is 2.41. The van der Waals surface area contributed by atoms with Crippen molar-refractivity contribution < 1.29 is 23.8 Å². The third kappa shape index (κ3) is 6.75. The molecule has 1 atom stereocenters. The predicted octanol–water partition coefficient (Wildman–Crippen LogP) is 6.29. The number of nitrogens with zero attached hydrogens (tertiary/aromatic N) is 3. The van der Waals surface area contributed by atoms with E-state index in [1.165, 1.54) is 11.8 Å². The molecule has 0 aromatic heterocycles. The standard InChI is InChI=1S/C33H33N3O5S/c1-23-30(32(38)40-18-17-39-3)31(25-13-10-16-28(19-25)41-27-14-8-5-9-15-27)36-26(22-42-33(36)34-23)20-29(37)35(2)21-24-11-6-4-7-12-24/h4-16,19,22,31H,17-18,20-21H2,1-3H3/t31-/m1/s1. The molecule has 3 aromatic carbocycles. The van der Waals surface area contributed by atoms with Crippen LogP contribution in [0.2, 0.25) is 0 Å². The van der Waals surface area contributed by atoms with E-state index in [4.69, 9.17) is 19.2 Å². The average molecular weight is 584 g/mol. The van der Waals surface area contributed by atoms with Crippen LogP contribution in [0.15, 0.2) is 112 Å². The zero-order valence-electron chi connectivity index (χ0n) is 23.9. The first-order chi connectivity index (χ1) is 20.4. The fraction of sp³-hybridized carbons (Fsp3) is 0.242. The van der Waals surface area contributed by atoms with Gasteiger partial charge >= 0.3 is 5.97 Å². The lowest BCUT2D eigenvalue weighted by atomic mass is 9.93. The normalized spacial score (nSPS) is 16.0. The first kappa shape index (κ1) is 29.2. The Kier molecular flexibility index (Phi) is 9.41. The van der Waals surface area contributed by atoms with Crippen LogP contribution >= 0.6 is 11.8 Å². The van der Waals surface area contributed by atoms with E-state index in [1.54, 1.807) is 19.1 Å². The molecule has 1 amide bonds. The topological polar surface area (TPSA) is 80.7 Å². The van der Waals surface area contributed by atoms with Gasteiger partial charge in [-0.05, 0) is 47.7 Å². The fourth-order valence-corrected chi connectivity index (χ4v) is 5.81. The SMILES string of the molecule is COCCOC(=O)C1=C(C)N=C2SC=C(CC(=O)N(C)Cc3ccccc3)N2[C@@H]1c1cccc(Oc2ccccc2)c1. The highest BCUT2D eigenvalue weighted by molar-refractivity contribution is 8.16. The highest BCUT2D eigenvalue weighted by Crippen LogP contribution is 2.45. The lowest BCUT2D eigenvalue weighted by Gasteiger charge is -2.36.